The number of hydrogen-bond acceptors (Lipinski definition) is 4. The van der Waals surface area contributed by atoms with Gasteiger partial charge in [-0.15, -0.1) is 45.3 Å². The summed E-state index contributed by atoms with van der Waals surface area (Å²) in [7, 11) is 0. The summed E-state index contributed by atoms with van der Waals surface area (Å²) in [5, 5.41) is 9.78. The van der Waals surface area contributed by atoms with Gasteiger partial charge in [-0.1, -0.05) is 60.7 Å². The van der Waals surface area contributed by atoms with E-state index in [0.717, 1.165) is 0 Å². The fourth-order valence-electron chi connectivity index (χ4n) is 3.70. The second-order valence-electron chi connectivity index (χ2n) is 6.57. The number of benzene rings is 2. The van der Waals surface area contributed by atoms with Gasteiger partial charge in [0, 0.05) is 31.3 Å². The van der Waals surface area contributed by atoms with Crippen LogP contribution >= 0.6 is 45.3 Å². The highest BCUT2D eigenvalue weighted by Crippen LogP contribution is 2.52. The van der Waals surface area contributed by atoms with Gasteiger partial charge in [-0.2, -0.15) is 0 Å². The van der Waals surface area contributed by atoms with Gasteiger partial charge in [0.05, 0.1) is 19.5 Å². The molecule has 0 saturated heterocycles. The van der Waals surface area contributed by atoms with E-state index in [4.69, 9.17) is 0 Å². The Morgan fingerprint density at radius 3 is 1.14 bits per heavy atom. The van der Waals surface area contributed by atoms with Crippen LogP contribution in [-0.4, -0.2) is 0 Å². The normalized spacial score (nSPS) is 11.6. The fourth-order valence-corrected chi connectivity index (χ4v) is 8.15. The van der Waals surface area contributed by atoms with Crippen molar-refractivity contribution in [2.75, 3.05) is 0 Å². The Kier molecular flexibility index (Phi) is 3.98. The van der Waals surface area contributed by atoms with Gasteiger partial charge in [-0.25, -0.2) is 0 Å². The molecule has 28 heavy (non-hydrogen) atoms. The number of thiophene rings is 4. The molecule has 4 heterocycles. The Balaban J connectivity index is 1.68. The molecule has 0 unspecified atom stereocenters. The predicted octanol–water partition coefficient (Wildman–Crippen LogP) is 9.24. The Hall–Kier alpha value is -2.24. The lowest BCUT2D eigenvalue weighted by atomic mass is 10.1. The first-order valence-electron chi connectivity index (χ1n) is 9.01. The van der Waals surface area contributed by atoms with E-state index in [1.807, 2.05) is 45.3 Å². The Bertz CT molecular complexity index is 1290. The van der Waals surface area contributed by atoms with Crippen molar-refractivity contribution in [1.82, 2.24) is 0 Å². The molecule has 0 spiro atoms. The smallest absolute Gasteiger partial charge is 0.0534 e. The summed E-state index contributed by atoms with van der Waals surface area (Å²) in [6, 6.07) is 26.5. The van der Waals surface area contributed by atoms with Crippen LogP contribution in [0.4, 0.5) is 0 Å². The molecular weight excluding hydrogens is 417 g/mol. The molecule has 4 heteroatoms. The molecule has 0 aliphatic rings. The topological polar surface area (TPSA) is 0 Å². The average molecular weight is 431 g/mol. The van der Waals surface area contributed by atoms with Gasteiger partial charge in [0.1, 0.15) is 0 Å². The number of fused-ring (bicyclic) bond motifs is 2. The number of rotatable bonds is 3. The fraction of sp³-hybridized carbons (Fsp3) is 0. The minimum atomic E-state index is 1.35. The van der Waals surface area contributed by atoms with Gasteiger partial charge in [0.2, 0.25) is 0 Å². The molecule has 0 saturated carbocycles. The van der Waals surface area contributed by atoms with E-state index < -0.39 is 0 Å². The van der Waals surface area contributed by atoms with Crippen molar-refractivity contribution in [3.05, 3.63) is 83.6 Å². The van der Waals surface area contributed by atoms with Crippen molar-refractivity contribution in [1.29, 1.82) is 0 Å². The molecule has 0 radical (unpaired) electrons. The molecule has 0 fully saturated rings. The first-order chi connectivity index (χ1) is 13.9. The van der Waals surface area contributed by atoms with E-state index in [9.17, 15) is 0 Å². The molecule has 2 aromatic carbocycles. The van der Waals surface area contributed by atoms with Crippen LogP contribution in [0.2, 0.25) is 0 Å². The monoisotopic (exact) mass is 430 g/mol. The van der Waals surface area contributed by atoms with Crippen molar-refractivity contribution in [3.63, 3.8) is 0 Å². The third-order valence-electron chi connectivity index (χ3n) is 4.94. The summed E-state index contributed by atoms with van der Waals surface area (Å²) in [5.74, 6) is 0. The number of hydrogen-bond donors (Lipinski definition) is 0. The molecule has 0 N–H and O–H groups in total. The van der Waals surface area contributed by atoms with E-state index in [0.29, 0.717) is 0 Å². The van der Waals surface area contributed by atoms with Crippen LogP contribution in [0.3, 0.4) is 0 Å². The quantitative estimate of drug-likeness (QED) is 0.262. The molecule has 6 rings (SSSR count). The predicted molar refractivity (Wildman–Crippen MR) is 129 cm³/mol. The van der Waals surface area contributed by atoms with Crippen LogP contribution in [0, 0.1) is 0 Å². The van der Waals surface area contributed by atoms with Crippen LogP contribution in [0.25, 0.3) is 50.8 Å². The van der Waals surface area contributed by atoms with Gasteiger partial charge in [-0.05, 0) is 22.9 Å². The maximum absolute atomic E-state index is 2.28. The average Bonchev–Trinajstić information content (AvgIpc) is 3.52. The highest BCUT2D eigenvalue weighted by molar-refractivity contribution is 7.30. The summed E-state index contributed by atoms with van der Waals surface area (Å²) >= 11 is 7.51. The molecule has 0 aliphatic heterocycles. The van der Waals surface area contributed by atoms with E-state index in [1.54, 1.807) is 0 Å². The van der Waals surface area contributed by atoms with Gasteiger partial charge in [0.25, 0.3) is 0 Å². The van der Waals surface area contributed by atoms with Crippen LogP contribution in [0.15, 0.2) is 83.6 Å². The zero-order valence-corrected chi connectivity index (χ0v) is 18.0. The highest BCUT2D eigenvalue weighted by atomic mass is 32.1. The third kappa shape index (κ3) is 2.53. The standard InChI is InChI=1S/C24H14S4/c1-3-9-17-15(7-1)21(19-11-5-13-25-19)27-23(17)24-18-10-4-2-8-16(18)22(28-24)20-12-6-14-26-20/h1-14H. The van der Waals surface area contributed by atoms with Gasteiger partial charge in [0.15, 0.2) is 0 Å². The molecule has 6 aromatic rings. The summed E-state index contributed by atoms with van der Waals surface area (Å²) in [6.07, 6.45) is 0. The lowest BCUT2D eigenvalue weighted by Gasteiger charge is -1.97. The molecule has 0 atom stereocenters. The maximum Gasteiger partial charge on any atom is 0.0534 e. The van der Waals surface area contributed by atoms with E-state index >= 15 is 0 Å². The van der Waals surface area contributed by atoms with Gasteiger partial charge in [-0.3, -0.25) is 0 Å². The first kappa shape index (κ1) is 16.7. The summed E-state index contributed by atoms with van der Waals surface area (Å²) in [6.45, 7) is 0. The Morgan fingerprint density at radius 1 is 0.393 bits per heavy atom. The van der Waals surface area contributed by atoms with Crippen LogP contribution in [-0.2, 0) is 0 Å². The van der Waals surface area contributed by atoms with Crippen LogP contribution in [0.1, 0.15) is 0 Å². The van der Waals surface area contributed by atoms with Crippen molar-refractivity contribution < 1.29 is 0 Å². The van der Waals surface area contributed by atoms with Crippen molar-refractivity contribution >= 4 is 66.9 Å². The molecule has 0 amide bonds. The second kappa shape index (κ2) is 6.68. The molecule has 0 bridgehead atoms. The lowest BCUT2D eigenvalue weighted by Crippen LogP contribution is -1.71. The Labute approximate surface area is 179 Å². The van der Waals surface area contributed by atoms with Crippen molar-refractivity contribution in [2.24, 2.45) is 0 Å². The van der Waals surface area contributed by atoms with Crippen molar-refractivity contribution in [3.8, 4) is 29.3 Å². The van der Waals surface area contributed by atoms with Gasteiger partial charge >= 0.3 is 0 Å². The van der Waals surface area contributed by atoms with E-state index in [-0.39, 0.29) is 0 Å². The van der Waals surface area contributed by atoms with Crippen molar-refractivity contribution in [2.45, 2.75) is 0 Å². The minimum absolute atomic E-state index is 1.35. The minimum Gasteiger partial charge on any atom is -0.143 e. The molecular formula is C24H14S4. The summed E-state index contributed by atoms with van der Waals surface area (Å²) < 4.78 is 0. The zero-order valence-electron chi connectivity index (χ0n) is 14.7. The third-order valence-corrected chi connectivity index (χ3v) is 9.64. The Morgan fingerprint density at radius 2 is 0.786 bits per heavy atom. The summed E-state index contributed by atoms with van der Waals surface area (Å²) in [5.41, 5.74) is 0. The highest BCUT2D eigenvalue weighted by Gasteiger charge is 2.20. The lowest BCUT2D eigenvalue weighted by molar-refractivity contribution is 1.83. The molecule has 134 valence electrons. The molecule has 0 nitrogen and oxygen atoms in total. The SMILES string of the molecule is c1csc(-c2sc(-c3sc(-c4cccs4)c4ccccc34)c3ccccc23)c1. The van der Waals surface area contributed by atoms with Crippen LogP contribution < -0.4 is 0 Å². The second-order valence-corrected chi connectivity index (χ2v) is 10.5. The summed E-state index contributed by atoms with van der Waals surface area (Å²) in [4.78, 5) is 8.26. The largest absolute Gasteiger partial charge is 0.143 e. The molecule has 4 aromatic heterocycles. The van der Waals surface area contributed by atoms with Gasteiger partial charge < -0.3 is 0 Å². The van der Waals surface area contributed by atoms with Crippen LogP contribution in [0.5, 0.6) is 0 Å². The molecule has 0 aliphatic carbocycles. The van der Waals surface area contributed by atoms with E-state index in [2.05, 4.69) is 83.6 Å². The van der Waals surface area contributed by atoms with E-state index in [1.165, 1.54) is 50.8 Å². The maximum atomic E-state index is 2.28. The zero-order chi connectivity index (χ0) is 18.5. The first-order valence-corrected chi connectivity index (χ1v) is 12.4.